The number of nitrogens with one attached hydrogen (secondary N) is 1. The van der Waals surface area contributed by atoms with Gasteiger partial charge in [-0.25, -0.2) is 9.48 Å². The average Bonchev–Trinajstić information content (AvgIpc) is 3.05. The van der Waals surface area contributed by atoms with Crippen LogP contribution in [0.15, 0.2) is 30.6 Å². The summed E-state index contributed by atoms with van der Waals surface area (Å²) in [7, 11) is 0. The number of benzene rings is 1. The SMILES string of the molecule is CCN(C[C@@H](C)C#N)C(=O)Nc1cc(C(N)=O)ccc1-n1cc(C)cn1. The van der Waals surface area contributed by atoms with E-state index < -0.39 is 5.91 Å². The van der Waals surface area contributed by atoms with E-state index in [1.54, 1.807) is 29.9 Å². The minimum Gasteiger partial charge on any atom is -0.366 e. The summed E-state index contributed by atoms with van der Waals surface area (Å²) < 4.78 is 1.61. The first-order valence-corrected chi connectivity index (χ1v) is 8.26. The Kier molecular flexibility index (Phi) is 5.96. The Morgan fingerprint density at radius 1 is 1.46 bits per heavy atom. The van der Waals surface area contributed by atoms with Gasteiger partial charge in [-0.1, -0.05) is 0 Å². The van der Waals surface area contributed by atoms with Crippen molar-refractivity contribution in [3.63, 3.8) is 0 Å². The third-order valence-corrected chi connectivity index (χ3v) is 3.86. The van der Waals surface area contributed by atoms with E-state index in [0.29, 0.717) is 24.5 Å². The van der Waals surface area contributed by atoms with Crippen LogP contribution in [0, 0.1) is 24.2 Å². The lowest BCUT2D eigenvalue weighted by molar-refractivity contribution is 0.1000. The first-order valence-electron chi connectivity index (χ1n) is 8.26. The molecule has 0 saturated heterocycles. The maximum atomic E-state index is 12.6. The number of nitriles is 1. The molecule has 0 saturated carbocycles. The molecule has 26 heavy (non-hydrogen) atoms. The third kappa shape index (κ3) is 4.39. The van der Waals surface area contributed by atoms with E-state index in [4.69, 9.17) is 11.0 Å². The molecule has 0 aliphatic heterocycles. The van der Waals surface area contributed by atoms with Gasteiger partial charge in [0.05, 0.1) is 29.6 Å². The fourth-order valence-electron chi connectivity index (χ4n) is 2.46. The molecule has 0 unspecified atom stereocenters. The van der Waals surface area contributed by atoms with Crippen LogP contribution in [0.25, 0.3) is 5.69 Å². The van der Waals surface area contributed by atoms with Crippen LogP contribution < -0.4 is 11.1 Å². The highest BCUT2D eigenvalue weighted by Crippen LogP contribution is 2.22. The van der Waals surface area contributed by atoms with Gasteiger partial charge in [0.1, 0.15) is 0 Å². The van der Waals surface area contributed by atoms with Gasteiger partial charge in [0.25, 0.3) is 0 Å². The maximum absolute atomic E-state index is 12.6. The summed E-state index contributed by atoms with van der Waals surface area (Å²) in [6, 6.07) is 6.54. The highest BCUT2D eigenvalue weighted by molar-refractivity contribution is 5.97. The van der Waals surface area contributed by atoms with E-state index in [1.165, 1.54) is 11.0 Å². The van der Waals surface area contributed by atoms with Crippen molar-refractivity contribution in [2.24, 2.45) is 11.7 Å². The Hall–Kier alpha value is -3.34. The molecule has 3 amide bonds. The molecular formula is C18H22N6O2. The second kappa shape index (κ2) is 8.16. The number of anilines is 1. The van der Waals surface area contributed by atoms with Crippen molar-refractivity contribution in [1.29, 1.82) is 5.26 Å². The number of hydrogen-bond acceptors (Lipinski definition) is 4. The van der Waals surface area contributed by atoms with Crippen molar-refractivity contribution in [2.75, 3.05) is 18.4 Å². The summed E-state index contributed by atoms with van der Waals surface area (Å²) in [5.74, 6) is -0.875. The van der Waals surface area contributed by atoms with Gasteiger partial charge in [-0.15, -0.1) is 0 Å². The van der Waals surface area contributed by atoms with E-state index in [-0.39, 0.29) is 17.5 Å². The van der Waals surface area contributed by atoms with Crippen molar-refractivity contribution >= 4 is 17.6 Å². The minimum atomic E-state index is -0.589. The Balaban J connectivity index is 2.36. The monoisotopic (exact) mass is 354 g/mol. The largest absolute Gasteiger partial charge is 0.366 e. The highest BCUT2D eigenvalue weighted by atomic mass is 16.2. The number of carbonyl (C=O) groups excluding carboxylic acids is 2. The van der Waals surface area contributed by atoms with Gasteiger partial charge in [-0.05, 0) is 44.5 Å². The molecule has 1 heterocycles. The second-order valence-electron chi connectivity index (χ2n) is 6.06. The number of aryl methyl sites for hydroxylation is 1. The van der Waals surface area contributed by atoms with Gasteiger partial charge in [0.2, 0.25) is 5.91 Å². The number of nitrogens with zero attached hydrogens (tertiary/aromatic N) is 4. The van der Waals surface area contributed by atoms with Crippen LogP contribution in [0.3, 0.4) is 0 Å². The standard InChI is InChI=1S/C18H22N6O2/c1-4-23(10-12(2)8-19)18(26)22-15-7-14(17(20)25)5-6-16(15)24-11-13(3)9-21-24/h5-7,9,11-12H,4,10H2,1-3H3,(H2,20,25)(H,22,26)/t12-/m0/s1. The zero-order valence-electron chi connectivity index (χ0n) is 15.1. The molecule has 0 spiro atoms. The Morgan fingerprint density at radius 2 is 2.19 bits per heavy atom. The number of rotatable bonds is 6. The van der Waals surface area contributed by atoms with Crippen LogP contribution in [0.5, 0.6) is 0 Å². The summed E-state index contributed by atoms with van der Waals surface area (Å²) in [6.45, 7) is 6.25. The number of carbonyl (C=O) groups is 2. The zero-order chi connectivity index (χ0) is 19.3. The summed E-state index contributed by atoms with van der Waals surface area (Å²) in [6.07, 6.45) is 3.50. The molecule has 0 fully saturated rings. The molecular weight excluding hydrogens is 332 g/mol. The summed E-state index contributed by atoms with van der Waals surface area (Å²) >= 11 is 0. The van der Waals surface area contributed by atoms with Crippen LogP contribution in [0.2, 0.25) is 0 Å². The van der Waals surface area contributed by atoms with Gasteiger partial charge >= 0.3 is 6.03 Å². The normalized spacial score (nSPS) is 11.5. The van der Waals surface area contributed by atoms with Crippen molar-refractivity contribution in [3.8, 4) is 11.8 Å². The van der Waals surface area contributed by atoms with Crippen molar-refractivity contribution < 1.29 is 9.59 Å². The van der Waals surface area contributed by atoms with Gasteiger partial charge in [0.15, 0.2) is 0 Å². The van der Waals surface area contributed by atoms with E-state index >= 15 is 0 Å². The second-order valence-corrected chi connectivity index (χ2v) is 6.06. The fourth-order valence-corrected chi connectivity index (χ4v) is 2.46. The minimum absolute atomic E-state index is 0.279. The highest BCUT2D eigenvalue weighted by Gasteiger charge is 2.18. The predicted octanol–water partition coefficient (Wildman–Crippen LogP) is 2.29. The third-order valence-electron chi connectivity index (χ3n) is 3.86. The van der Waals surface area contributed by atoms with Crippen LogP contribution in [0.1, 0.15) is 29.8 Å². The molecule has 3 N–H and O–H groups in total. The number of hydrogen-bond donors (Lipinski definition) is 2. The first-order chi connectivity index (χ1) is 12.3. The molecule has 136 valence electrons. The van der Waals surface area contributed by atoms with E-state index in [2.05, 4.69) is 16.5 Å². The van der Waals surface area contributed by atoms with Crippen LogP contribution in [0.4, 0.5) is 10.5 Å². The molecule has 8 heteroatoms. The molecule has 0 radical (unpaired) electrons. The lowest BCUT2D eigenvalue weighted by Crippen LogP contribution is -2.37. The van der Waals surface area contributed by atoms with Gasteiger partial charge < -0.3 is 16.0 Å². The van der Waals surface area contributed by atoms with Gasteiger partial charge in [0, 0.05) is 24.8 Å². The topological polar surface area (TPSA) is 117 Å². The Labute approximate surface area is 152 Å². The van der Waals surface area contributed by atoms with Crippen LogP contribution >= 0.6 is 0 Å². The van der Waals surface area contributed by atoms with Crippen LogP contribution in [-0.4, -0.2) is 39.7 Å². The van der Waals surface area contributed by atoms with E-state index in [1.807, 2.05) is 20.0 Å². The molecule has 1 aromatic carbocycles. The smallest absolute Gasteiger partial charge is 0.321 e. The zero-order valence-corrected chi connectivity index (χ0v) is 15.1. The lowest BCUT2D eigenvalue weighted by atomic mass is 10.1. The van der Waals surface area contributed by atoms with E-state index in [9.17, 15) is 9.59 Å². The summed E-state index contributed by atoms with van der Waals surface area (Å²) in [5.41, 5.74) is 7.62. The quantitative estimate of drug-likeness (QED) is 0.827. The Morgan fingerprint density at radius 3 is 2.73 bits per heavy atom. The molecule has 0 bridgehead atoms. The number of amides is 3. The fraction of sp³-hybridized carbons (Fsp3) is 0.333. The van der Waals surface area contributed by atoms with Crippen molar-refractivity contribution in [3.05, 3.63) is 41.7 Å². The average molecular weight is 354 g/mol. The molecule has 1 atom stereocenters. The van der Waals surface area contributed by atoms with Gasteiger partial charge in [-0.2, -0.15) is 10.4 Å². The molecule has 0 aliphatic carbocycles. The predicted molar refractivity (Wildman–Crippen MR) is 97.9 cm³/mol. The number of aromatic nitrogens is 2. The van der Waals surface area contributed by atoms with Crippen LogP contribution in [-0.2, 0) is 0 Å². The van der Waals surface area contributed by atoms with E-state index in [0.717, 1.165) is 5.56 Å². The van der Waals surface area contributed by atoms with Crippen molar-refractivity contribution in [1.82, 2.24) is 14.7 Å². The molecule has 1 aromatic heterocycles. The van der Waals surface area contributed by atoms with Crippen molar-refractivity contribution in [2.45, 2.75) is 20.8 Å². The molecule has 2 rings (SSSR count). The molecule has 2 aromatic rings. The molecule has 0 aliphatic rings. The number of nitrogens with two attached hydrogens (primary N) is 1. The number of primary amides is 1. The summed E-state index contributed by atoms with van der Waals surface area (Å²) in [5, 5.41) is 16.0. The lowest BCUT2D eigenvalue weighted by Gasteiger charge is -2.23. The number of urea groups is 1. The summed E-state index contributed by atoms with van der Waals surface area (Å²) in [4.78, 5) is 25.7. The first kappa shape index (κ1) is 19.0. The maximum Gasteiger partial charge on any atom is 0.321 e. The van der Waals surface area contributed by atoms with Gasteiger partial charge in [-0.3, -0.25) is 4.79 Å². The Bertz CT molecular complexity index is 852. The molecule has 8 nitrogen and oxygen atoms in total.